The van der Waals surface area contributed by atoms with E-state index in [1.807, 2.05) is 30.3 Å². The summed E-state index contributed by atoms with van der Waals surface area (Å²) in [6.07, 6.45) is 0.338. The van der Waals surface area contributed by atoms with Crippen LogP contribution in [0.1, 0.15) is 39.7 Å². The first-order valence-corrected chi connectivity index (χ1v) is 10.9. The van der Waals surface area contributed by atoms with Crippen molar-refractivity contribution in [2.45, 2.75) is 65.3 Å². The first kappa shape index (κ1) is 24.5. The number of aliphatic hydroxyl groups is 1. The maximum absolute atomic E-state index is 11.8. The Balaban J connectivity index is 1.93. The van der Waals surface area contributed by atoms with Gasteiger partial charge in [-0.1, -0.05) is 64.1 Å². The molecule has 0 bridgehead atoms. The van der Waals surface area contributed by atoms with Crippen molar-refractivity contribution in [2.75, 3.05) is 13.2 Å². The first-order chi connectivity index (χ1) is 14.4. The van der Waals surface area contributed by atoms with Crippen LogP contribution in [-0.2, 0) is 25.6 Å². The van der Waals surface area contributed by atoms with Gasteiger partial charge >= 0.3 is 0 Å². The number of nitrogens with one attached hydrogen (secondary N) is 1. The molecule has 1 amide bonds. The van der Waals surface area contributed by atoms with Crippen molar-refractivity contribution in [3.05, 3.63) is 48.6 Å². The lowest BCUT2D eigenvalue weighted by molar-refractivity contribution is -0.259. The summed E-state index contributed by atoms with van der Waals surface area (Å²) in [5.41, 5.74) is 1.13. The van der Waals surface area contributed by atoms with E-state index in [4.69, 9.17) is 14.2 Å². The third kappa shape index (κ3) is 6.91. The molecule has 168 valence electrons. The van der Waals surface area contributed by atoms with E-state index in [-0.39, 0.29) is 24.5 Å². The van der Waals surface area contributed by atoms with Crippen molar-refractivity contribution in [3.63, 3.8) is 0 Å². The second kappa shape index (κ2) is 12.2. The van der Waals surface area contributed by atoms with Gasteiger partial charge in [0.1, 0.15) is 0 Å². The lowest BCUT2D eigenvalue weighted by atomic mass is 9.79. The molecule has 0 aliphatic carbocycles. The van der Waals surface area contributed by atoms with Crippen molar-refractivity contribution in [3.8, 4) is 0 Å². The lowest BCUT2D eigenvalue weighted by Crippen LogP contribution is -2.51. The molecule has 0 saturated carbocycles. The molecule has 2 rings (SSSR count). The minimum Gasteiger partial charge on any atom is -0.387 e. The van der Waals surface area contributed by atoms with Gasteiger partial charge < -0.3 is 24.6 Å². The van der Waals surface area contributed by atoms with Gasteiger partial charge in [0.25, 0.3) is 0 Å². The fraction of sp³-hybridized carbons (Fsp3) is 0.625. The average Bonchev–Trinajstić information content (AvgIpc) is 2.77. The van der Waals surface area contributed by atoms with Gasteiger partial charge in [-0.15, -0.1) is 6.58 Å². The molecule has 1 fully saturated rings. The largest absolute Gasteiger partial charge is 0.387 e. The number of rotatable bonds is 11. The molecule has 2 unspecified atom stereocenters. The number of ether oxygens (including phenoxy) is 3. The van der Waals surface area contributed by atoms with Crippen molar-refractivity contribution in [2.24, 2.45) is 17.8 Å². The van der Waals surface area contributed by atoms with Crippen LogP contribution in [0.25, 0.3) is 0 Å². The zero-order valence-electron chi connectivity index (χ0n) is 18.6. The summed E-state index contributed by atoms with van der Waals surface area (Å²) < 4.78 is 18.2. The Morgan fingerprint density at radius 1 is 1.23 bits per heavy atom. The highest BCUT2D eigenvalue weighted by Gasteiger charge is 2.40. The van der Waals surface area contributed by atoms with Crippen LogP contribution < -0.4 is 5.32 Å². The Bertz CT molecular complexity index is 652. The Morgan fingerprint density at radius 2 is 1.93 bits per heavy atom. The summed E-state index contributed by atoms with van der Waals surface area (Å²) in [7, 11) is 0. The Kier molecular flexibility index (Phi) is 9.98. The standard InChI is InChI=1S/C24H37NO5/c1-6-21(26)20(25-23(27)7-2)14-29-24-18(5)16(3)17(4)22(30-24)15-28-13-19-11-9-8-10-12-19/h6,8-12,16-18,20-22,24,26H,1,7,13-15H2,2-5H3,(H,25,27)/t16-,17+,18?,20-,21+,22?,24-/m0/s1. The van der Waals surface area contributed by atoms with Crippen LogP contribution >= 0.6 is 0 Å². The molecule has 2 N–H and O–H groups in total. The third-order valence-corrected chi connectivity index (χ3v) is 6.14. The quantitative estimate of drug-likeness (QED) is 0.538. The van der Waals surface area contributed by atoms with Crippen LogP contribution in [0.5, 0.6) is 0 Å². The molecule has 1 aromatic rings. The monoisotopic (exact) mass is 419 g/mol. The summed E-state index contributed by atoms with van der Waals surface area (Å²) in [5, 5.41) is 12.9. The van der Waals surface area contributed by atoms with Crippen molar-refractivity contribution in [1.29, 1.82) is 0 Å². The average molecular weight is 420 g/mol. The van der Waals surface area contributed by atoms with E-state index >= 15 is 0 Å². The van der Waals surface area contributed by atoms with E-state index in [1.54, 1.807) is 6.92 Å². The molecule has 1 aromatic carbocycles. The van der Waals surface area contributed by atoms with Crippen molar-refractivity contribution >= 4 is 5.91 Å². The van der Waals surface area contributed by atoms with E-state index in [9.17, 15) is 9.90 Å². The van der Waals surface area contributed by atoms with Crippen LogP contribution in [0, 0.1) is 17.8 Å². The number of carbonyl (C=O) groups is 1. The molecular weight excluding hydrogens is 382 g/mol. The third-order valence-electron chi connectivity index (χ3n) is 6.14. The van der Waals surface area contributed by atoms with Gasteiger partial charge in [0.15, 0.2) is 6.29 Å². The molecule has 1 saturated heterocycles. The van der Waals surface area contributed by atoms with E-state index in [2.05, 4.69) is 32.7 Å². The summed E-state index contributed by atoms with van der Waals surface area (Å²) in [6, 6.07) is 9.50. The van der Waals surface area contributed by atoms with Crippen LogP contribution in [0.3, 0.4) is 0 Å². The number of hydrogen-bond acceptors (Lipinski definition) is 5. The maximum Gasteiger partial charge on any atom is 0.220 e. The molecule has 1 aliphatic rings. The lowest BCUT2D eigenvalue weighted by Gasteiger charge is -2.43. The van der Waals surface area contributed by atoms with E-state index in [0.29, 0.717) is 31.5 Å². The van der Waals surface area contributed by atoms with Gasteiger partial charge in [-0.3, -0.25) is 4.79 Å². The SMILES string of the molecule is C=C[C@@H](O)[C@H](CO[C@H]1OC(COCc2ccccc2)[C@H](C)[C@H](C)C1C)NC(=O)CC. The molecule has 0 radical (unpaired) electrons. The Morgan fingerprint density at radius 3 is 2.57 bits per heavy atom. The van der Waals surface area contributed by atoms with E-state index in [0.717, 1.165) is 5.56 Å². The predicted octanol–water partition coefficient (Wildman–Crippen LogP) is 3.29. The van der Waals surface area contributed by atoms with Gasteiger partial charge in [0.05, 0.1) is 38.1 Å². The molecule has 30 heavy (non-hydrogen) atoms. The number of benzene rings is 1. The minimum atomic E-state index is -0.888. The minimum absolute atomic E-state index is 0.0853. The summed E-state index contributed by atoms with van der Waals surface area (Å²) in [5.74, 6) is 0.733. The molecular formula is C24H37NO5. The zero-order chi connectivity index (χ0) is 22.1. The Hall–Kier alpha value is -1.73. The highest BCUT2D eigenvalue weighted by molar-refractivity contribution is 5.75. The van der Waals surface area contributed by atoms with Crippen LogP contribution in [0.15, 0.2) is 43.0 Å². The topological polar surface area (TPSA) is 77.0 Å². The molecule has 0 spiro atoms. The van der Waals surface area contributed by atoms with Crippen molar-refractivity contribution < 1.29 is 24.1 Å². The van der Waals surface area contributed by atoms with Crippen LogP contribution in [-0.4, -0.2) is 48.8 Å². The number of hydrogen-bond donors (Lipinski definition) is 2. The number of amides is 1. The summed E-state index contributed by atoms with van der Waals surface area (Å²) in [6.45, 7) is 13.0. The summed E-state index contributed by atoms with van der Waals surface area (Å²) >= 11 is 0. The highest BCUT2D eigenvalue weighted by Crippen LogP contribution is 2.35. The van der Waals surface area contributed by atoms with Gasteiger partial charge in [-0.05, 0) is 17.4 Å². The highest BCUT2D eigenvalue weighted by atomic mass is 16.7. The zero-order valence-corrected chi connectivity index (χ0v) is 18.6. The number of aliphatic hydroxyl groups excluding tert-OH is 1. The fourth-order valence-corrected chi connectivity index (χ4v) is 3.63. The second-order valence-corrected chi connectivity index (χ2v) is 8.21. The first-order valence-electron chi connectivity index (χ1n) is 10.9. The summed E-state index contributed by atoms with van der Waals surface area (Å²) in [4.78, 5) is 11.8. The second-order valence-electron chi connectivity index (χ2n) is 8.21. The molecule has 0 aromatic heterocycles. The smallest absolute Gasteiger partial charge is 0.220 e. The molecule has 1 aliphatic heterocycles. The van der Waals surface area contributed by atoms with Gasteiger partial charge in [-0.25, -0.2) is 0 Å². The Labute approximate surface area is 180 Å². The normalized spacial score (nSPS) is 28.5. The van der Waals surface area contributed by atoms with E-state index in [1.165, 1.54) is 6.08 Å². The molecule has 1 heterocycles. The van der Waals surface area contributed by atoms with Crippen LogP contribution in [0.4, 0.5) is 0 Å². The molecule has 6 heteroatoms. The predicted molar refractivity (Wildman–Crippen MR) is 117 cm³/mol. The number of carbonyl (C=O) groups excluding carboxylic acids is 1. The van der Waals surface area contributed by atoms with Crippen molar-refractivity contribution in [1.82, 2.24) is 5.32 Å². The van der Waals surface area contributed by atoms with Crippen LogP contribution in [0.2, 0.25) is 0 Å². The maximum atomic E-state index is 11.8. The fourth-order valence-electron chi connectivity index (χ4n) is 3.63. The van der Waals surface area contributed by atoms with E-state index < -0.39 is 18.4 Å². The van der Waals surface area contributed by atoms with Gasteiger partial charge in [0, 0.05) is 12.3 Å². The molecule has 6 nitrogen and oxygen atoms in total. The molecule has 7 atom stereocenters. The van der Waals surface area contributed by atoms with Gasteiger partial charge in [-0.2, -0.15) is 0 Å². The van der Waals surface area contributed by atoms with Gasteiger partial charge in [0.2, 0.25) is 5.91 Å².